The average Bonchev–Trinajstić information content (AvgIpc) is 3.42. The Morgan fingerprint density at radius 2 is 2.12 bits per heavy atom. The molecule has 0 atom stereocenters. The quantitative estimate of drug-likeness (QED) is 0.210. The number of carbonyl (C=O) groups excluding carboxylic acids is 2. The van der Waals surface area contributed by atoms with Crippen molar-refractivity contribution in [2.24, 2.45) is 0 Å². The van der Waals surface area contributed by atoms with E-state index in [0.29, 0.717) is 16.1 Å². The van der Waals surface area contributed by atoms with Crippen molar-refractivity contribution in [2.45, 2.75) is 37.8 Å². The number of nitrogens with zero attached hydrogens (tertiary/aromatic N) is 3. The molecule has 0 unspecified atom stereocenters. The number of nitrogens with one attached hydrogen (secondary N) is 1. The summed E-state index contributed by atoms with van der Waals surface area (Å²) in [5.74, 6) is -0.628. The first kappa shape index (κ1) is 22.9. The van der Waals surface area contributed by atoms with Crippen LogP contribution in [0.1, 0.15) is 40.6 Å². The van der Waals surface area contributed by atoms with Crippen LogP contribution in [0, 0.1) is 10.1 Å². The highest BCUT2D eigenvalue weighted by molar-refractivity contribution is 7.99. The lowest BCUT2D eigenvalue weighted by Gasteiger charge is -2.12. The second kappa shape index (κ2) is 10.1. The van der Waals surface area contributed by atoms with E-state index in [2.05, 4.69) is 15.5 Å². The standard InChI is InChI=1S/C21H20N4O6S2/c1-2-30-20(27)17-14-8-3-4-9-15(14)33-19(17)22-16(26)11-32-21-24-23-18(31-21)12-6-5-7-13(10-12)25(28)29/h5-7,10H,2-4,8-9,11H2,1H3,(H,22,26). The van der Waals surface area contributed by atoms with Gasteiger partial charge in [0.2, 0.25) is 11.8 Å². The second-order valence-electron chi connectivity index (χ2n) is 7.15. The molecule has 0 saturated carbocycles. The summed E-state index contributed by atoms with van der Waals surface area (Å²) >= 11 is 2.46. The number of hydrogen-bond donors (Lipinski definition) is 1. The smallest absolute Gasteiger partial charge is 0.341 e. The molecule has 12 heteroatoms. The van der Waals surface area contributed by atoms with E-state index in [1.807, 2.05) is 0 Å². The molecule has 3 aromatic rings. The van der Waals surface area contributed by atoms with E-state index in [9.17, 15) is 19.7 Å². The zero-order chi connectivity index (χ0) is 23.4. The number of thiophene rings is 1. The molecule has 4 rings (SSSR count). The van der Waals surface area contributed by atoms with Crippen molar-refractivity contribution in [3.8, 4) is 11.5 Å². The van der Waals surface area contributed by atoms with Crippen LogP contribution in [0.5, 0.6) is 0 Å². The fourth-order valence-electron chi connectivity index (χ4n) is 3.50. The molecule has 0 bridgehead atoms. The van der Waals surface area contributed by atoms with E-state index in [1.54, 1.807) is 13.0 Å². The Bertz CT molecular complexity index is 1210. The minimum absolute atomic E-state index is 0.0125. The number of carbonyl (C=O) groups is 2. The average molecular weight is 489 g/mol. The van der Waals surface area contributed by atoms with E-state index >= 15 is 0 Å². The summed E-state index contributed by atoms with van der Waals surface area (Å²) in [7, 11) is 0. The number of nitro groups is 1. The van der Waals surface area contributed by atoms with E-state index in [0.717, 1.165) is 47.9 Å². The Morgan fingerprint density at radius 1 is 1.30 bits per heavy atom. The molecule has 0 saturated heterocycles. The maximum absolute atomic E-state index is 12.6. The van der Waals surface area contributed by atoms with Gasteiger partial charge < -0.3 is 14.5 Å². The summed E-state index contributed by atoms with van der Waals surface area (Å²) in [4.78, 5) is 36.7. The first-order valence-electron chi connectivity index (χ1n) is 10.3. The number of ether oxygens (including phenoxy) is 1. The molecule has 1 aromatic carbocycles. The lowest BCUT2D eigenvalue weighted by molar-refractivity contribution is -0.384. The highest BCUT2D eigenvalue weighted by Crippen LogP contribution is 2.38. The van der Waals surface area contributed by atoms with E-state index in [-0.39, 0.29) is 35.1 Å². The van der Waals surface area contributed by atoms with Gasteiger partial charge in [-0.25, -0.2) is 4.79 Å². The summed E-state index contributed by atoms with van der Waals surface area (Å²) in [6.45, 7) is 2.01. The molecule has 172 valence electrons. The molecule has 1 amide bonds. The zero-order valence-corrected chi connectivity index (χ0v) is 19.3. The number of non-ortho nitro benzene ring substituents is 1. The molecule has 2 heterocycles. The normalized spacial score (nSPS) is 12.8. The molecule has 0 spiro atoms. The van der Waals surface area contributed by atoms with Crippen LogP contribution in [0.3, 0.4) is 0 Å². The Kier molecular flexibility index (Phi) is 7.04. The van der Waals surface area contributed by atoms with Gasteiger partial charge in [0, 0.05) is 22.6 Å². The maximum atomic E-state index is 12.6. The van der Waals surface area contributed by atoms with Crippen LogP contribution < -0.4 is 5.32 Å². The van der Waals surface area contributed by atoms with Gasteiger partial charge in [-0.05, 0) is 44.2 Å². The van der Waals surface area contributed by atoms with Gasteiger partial charge in [-0.3, -0.25) is 14.9 Å². The fourth-order valence-corrected chi connectivity index (χ4v) is 5.36. The van der Waals surface area contributed by atoms with Gasteiger partial charge in [0.15, 0.2) is 0 Å². The van der Waals surface area contributed by atoms with Crippen LogP contribution in [-0.4, -0.2) is 39.4 Å². The molecule has 0 fully saturated rings. The van der Waals surface area contributed by atoms with Crippen LogP contribution in [0.25, 0.3) is 11.5 Å². The lowest BCUT2D eigenvalue weighted by Crippen LogP contribution is -2.17. The van der Waals surface area contributed by atoms with Crippen molar-refractivity contribution >= 4 is 45.7 Å². The summed E-state index contributed by atoms with van der Waals surface area (Å²) in [6, 6.07) is 5.85. The molecule has 0 radical (unpaired) electrons. The number of thioether (sulfide) groups is 1. The van der Waals surface area contributed by atoms with Crippen molar-refractivity contribution in [3.05, 3.63) is 50.4 Å². The molecular formula is C21H20N4O6S2. The Hall–Kier alpha value is -3.25. The van der Waals surface area contributed by atoms with Gasteiger partial charge in [-0.2, -0.15) is 0 Å². The minimum atomic E-state index is -0.507. The van der Waals surface area contributed by atoms with Gasteiger partial charge >= 0.3 is 5.97 Å². The number of aryl methyl sites for hydroxylation is 1. The Balaban J connectivity index is 1.43. The molecule has 1 N–H and O–H groups in total. The van der Waals surface area contributed by atoms with Crippen LogP contribution >= 0.6 is 23.1 Å². The lowest BCUT2D eigenvalue weighted by atomic mass is 9.95. The van der Waals surface area contributed by atoms with Gasteiger partial charge in [0.25, 0.3) is 10.9 Å². The van der Waals surface area contributed by atoms with Gasteiger partial charge in [-0.15, -0.1) is 21.5 Å². The molecular weight excluding hydrogens is 468 g/mol. The first-order chi connectivity index (χ1) is 16.0. The summed E-state index contributed by atoms with van der Waals surface area (Å²) in [5.41, 5.74) is 1.76. The molecule has 1 aliphatic rings. The molecule has 1 aliphatic carbocycles. The maximum Gasteiger partial charge on any atom is 0.341 e. The largest absolute Gasteiger partial charge is 0.462 e. The predicted octanol–water partition coefficient (Wildman–Crippen LogP) is 4.49. The zero-order valence-electron chi connectivity index (χ0n) is 17.7. The monoisotopic (exact) mass is 488 g/mol. The SMILES string of the molecule is CCOC(=O)c1c(NC(=O)CSc2nnc(-c3cccc([N+](=O)[O-])c3)o2)sc2c1CCCC2. The number of hydrogen-bond acceptors (Lipinski definition) is 10. The van der Waals surface area contributed by atoms with Gasteiger partial charge in [0.05, 0.1) is 22.8 Å². The number of anilines is 1. The number of esters is 1. The number of rotatable bonds is 8. The third kappa shape index (κ3) is 5.22. The first-order valence-corrected chi connectivity index (χ1v) is 12.1. The van der Waals surface area contributed by atoms with Crippen molar-refractivity contribution in [1.82, 2.24) is 10.2 Å². The number of benzene rings is 1. The number of aromatic nitrogens is 2. The van der Waals surface area contributed by atoms with Crippen LogP contribution in [0.15, 0.2) is 33.9 Å². The molecule has 10 nitrogen and oxygen atoms in total. The van der Waals surface area contributed by atoms with E-state index in [1.165, 1.54) is 29.5 Å². The van der Waals surface area contributed by atoms with Gasteiger partial charge in [-0.1, -0.05) is 17.8 Å². The Labute approximate surface area is 196 Å². The number of nitro benzene ring substituents is 1. The van der Waals surface area contributed by atoms with Crippen molar-refractivity contribution in [2.75, 3.05) is 17.7 Å². The molecule has 0 aliphatic heterocycles. The van der Waals surface area contributed by atoms with Gasteiger partial charge in [0.1, 0.15) is 5.00 Å². The predicted molar refractivity (Wildman–Crippen MR) is 123 cm³/mol. The van der Waals surface area contributed by atoms with Crippen LogP contribution in [0.2, 0.25) is 0 Å². The van der Waals surface area contributed by atoms with E-state index < -0.39 is 10.9 Å². The highest BCUT2D eigenvalue weighted by Gasteiger charge is 2.27. The molecule has 2 aromatic heterocycles. The Morgan fingerprint density at radius 3 is 2.91 bits per heavy atom. The summed E-state index contributed by atoms with van der Waals surface area (Å²) < 4.78 is 10.7. The fraction of sp³-hybridized carbons (Fsp3) is 0.333. The highest BCUT2D eigenvalue weighted by atomic mass is 32.2. The van der Waals surface area contributed by atoms with Crippen LogP contribution in [-0.2, 0) is 22.4 Å². The number of fused-ring (bicyclic) bond motifs is 1. The topological polar surface area (TPSA) is 137 Å². The summed E-state index contributed by atoms with van der Waals surface area (Å²) in [6.07, 6.45) is 3.75. The summed E-state index contributed by atoms with van der Waals surface area (Å²) in [5, 5.41) is 22.2. The minimum Gasteiger partial charge on any atom is -0.462 e. The van der Waals surface area contributed by atoms with Crippen molar-refractivity contribution in [1.29, 1.82) is 0 Å². The van der Waals surface area contributed by atoms with Crippen molar-refractivity contribution in [3.63, 3.8) is 0 Å². The second-order valence-corrected chi connectivity index (χ2v) is 9.18. The van der Waals surface area contributed by atoms with Crippen molar-refractivity contribution < 1.29 is 23.7 Å². The van der Waals surface area contributed by atoms with Crippen LogP contribution in [0.4, 0.5) is 10.7 Å². The van der Waals surface area contributed by atoms with E-state index in [4.69, 9.17) is 9.15 Å². The number of amides is 1. The molecule has 33 heavy (non-hydrogen) atoms. The third-order valence-electron chi connectivity index (χ3n) is 4.94. The third-order valence-corrected chi connectivity index (χ3v) is 6.97.